The number of nitrogens with zero attached hydrogens (tertiary/aromatic N) is 1. The van der Waals surface area contributed by atoms with Gasteiger partial charge in [-0.25, -0.2) is 4.39 Å². The highest BCUT2D eigenvalue weighted by molar-refractivity contribution is 6.46. The number of amides is 1. The number of likely N-dealkylation sites (tertiary alicyclic amines) is 1. The quantitative estimate of drug-likeness (QED) is 0.395. The smallest absolute Gasteiger partial charge is 0.295 e. The molecule has 1 aliphatic heterocycles. The number of hydrogen-bond donors (Lipinski definition) is 1. The molecule has 1 heterocycles. The average Bonchev–Trinajstić information content (AvgIpc) is 2.88. The molecule has 0 aliphatic carbocycles. The molecule has 0 saturated carbocycles. The van der Waals surface area contributed by atoms with Gasteiger partial charge >= 0.3 is 0 Å². The number of carbonyl (C=O) groups is 2. The van der Waals surface area contributed by atoms with Crippen LogP contribution in [0.15, 0.2) is 66.8 Å². The summed E-state index contributed by atoms with van der Waals surface area (Å²) in [5.74, 6) is -2.15. The van der Waals surface area contributed by atoms with Crippen LogP contribution in [0.2, 0.25) is 0 Å². The van der Waals surface area contributed by atoms with Crippen molar-refractivity contribution in [2.45, 2.75) is 13.0 Å². The molecule has 0 bridgehead atoms. The van der Waals surface area contributed by atoms with Crippen LogP contribution >= 0.6 is 0 Å². The zero-order chi connectivity index (χ0) is 18.8. The number of aliphatic hydroxyl groups excluding tert-OH is 1. The van der Waals surface area contributed by atoms with Gasteiger partial charge in [0, 0.05) is 12.1 Å². The highest BCUT2D eigenvalue weighted by atomic mass is 19.1. The molecule has 4 nitrogen and oxygen atoms in total. The summed E-state index contributed by atoms with van der Waals surface area (Å²) in [4.78, 5) is 26.4. The molecule has 2 aromatic carbocycles. The van der Waals surface area contributed by atoms with Crippen molar-refractivity contribution in [2.24, 2.45) is 0 Å². The minimum atomic E-state index is -0.796. The maximum atomic E-state index is 13.3. The minimum absolute atomic E-state index is 0.00712. The lowest BCUT2D eigenvalue weighted by Gasteiger charge is -2.24. The van der Waals surface area contributed by atoms with Crippen LogP contribution in [0.4, 0.5) is 4.39 Å². The topological polar surface area (TPSA) is 57.6 Å². The molecule has 1 saturated heterocycles. The van der Waals surface area contributed by atoms with Gasteiger partial charge in [-0.1, -0.05) is 48.0 Å². The first-order valence-electron chi connectivity index (χ1n) is 8.16. The molecule has 0 aromatic heterocycles. The third-order valence-corrected chi connectivity index (χ3v) is 4.38. The molecular formula is C21H18FNO3. The summed E-state index contributed by atoms with van der Waals surface area (Å²) in [5, 5.41) is 10.8. The minimum Gasteiger partial charge on any atom is -0.507 e. The van der Waals surface area contributed by atoms with E-state index in [1.165, 1.54) is 35.2 Å². The molecule has 3 rings (SSSR count). The first-order chi connectivity index (χ1) is 12.4. The Hall–Kier alpha value is -3.21. The normalized spacial score (nSPS) is 19.0. The fourth-order valence-electron chi connectivity index (χ4n) is 3.07. The molecule has 1 amide bonds. The van der Waals surface area contributed by atoms with Crippen LogP contribution in [-0.4, -0.2) is 28.2 Å². The Morgan fingerprint density at radius 3 is 2.35 bits per heavy atom. The van der Waals surface area contributed by atoms with Gasteiger partial charge in [-0.15, -0.1) is 6.58 Å². The number of hydrogen-bond acceptors (Lipinski definition) is 3. The van der Waals surface area contributed by atoms with Crippen LogP contribution in [0.1, 0.15) is 22.7 Å². The molecule has 26 heavy (non-hydrogen) atoms. The van der Waals surface area contributed by atoms with E-state index in [0.29, 0.717) is 11.1 Å². The second-order valence-corrected chi connectivity index (χ2v) is 6.16. The largest absolute Gasteiger partial charge is 0.507 e. The van der Waals surface area contributed by atoms with Crippen molar-refractivity contribution in [1.82, 2.24) is 4.90 Å². The number of ketones is 1. The summed E-state index contributed by atoms with van der Waals surface area (Å²) in [6.07, 6.45) is 1.51. The maximum absolute atomic E-state index is 13.3. The monoisotopic (exact) mass is 351 g/mol. The molecule has 5 heteroatoms. The summed E-state index contributed by atoms with van der Waals surface area (Å²) in [5.41, 5.74) is 1.98. The Kier molecular flexibility index (Phi) is 4.71. The lowest BCUT2D eigenvalue weighted by Crippen LogP contribution is -2.29. The van der Waals surface area contributed by atoms with Crippen molar-refractivity contribution >= 4 is 17.4 Å². The van der Waals surface area contributed by atoms with Gasteiger partial charge in [-0.3, -0.25) is 9.59 Å². The highest BCUT2D eigenvalue weighted by Crippen LogP contribution is 2.39. The van der Waals surface area contributed by atoms with E-state index in [9.17, 15) is 19.1 Å². The molecule has 1 aliphatic rings. The van der Waals surface area contributed by atoms with Crippen LogP contribution in [0.5, 0.6) is 0 Å². The molecule has 0 radical (unpaired) electrons. The Morgan fingerprint density at radius 2 is 1.77 bits per heavy atom. The fourth-order valence-corrected chi connectivity index (χ4v) is 3.07. The van der Waals surface area contributed by atoms with E-state index in [1.807, 2.05) is 19.1 Å². The zero-order valence-corrected chi connectivity index (χ0v) is 14.3. The lowest BCUT2D eigenvalue weighted by atomic mass is 9.95. The van der Waals surface area contributed by atoms with Crippen molar-refractivity contribution in [1.29, 1.82) is 0 Å². The number of benzene rings is 2. The average molecular weight is 351 g/mol. The highest BCUT2D eigenvalue weighted by Gasteiger charge is 2.45. The van der Waals surface area contributed by atoms with Gasteiger partial charge in [0.05, 0.1) is 11.6 Å². The van der Waals surface area contributed by atoms with Gasteiger partial charge in [0.15, 0.2) is 0 Å². The van der Waals surface area contributed by atoms with Crippen molar-refractivity contribution in [3.63, 3.8) is 0 Å². The van der Waals surface area contributed by atoms with Gasteiger partial charge in [-0.05, 0) is 24.6 Å². The molecule has 2 aromatic rings. The Bertz CT molecular complexity index is 898. The van der Waals surface area contributed by atoms with Gasteiger partial charge in [0.2, 0.25) is 0 Å². The van der Waals surface area contributed by atoms with E-state index in [1.54, 1.807) is 12.1 Å². The van der Waals surface area contributed by atoms with E-state index in [0.717, 1.165) is 5.56 Å². The number of halogens is 1. The van der Waals surface area contributed by atoms with Crippen molar-refractivity contribution in [3.8, 4) is 0 Å². The third-order valence-electron chi connectivity index (χ3n) is 4.38. The molecular weight excluding hydrogens is 333 g/mol. The second-order valence-electron chi connectivity index (χ2n) is 6.16. The standard InChI is InChI=1S/C21H18FNO3/c1-3-12-23-18(14-8-10-16(22)11-9-14)17(20(25)21(23)26)19(24)15-6-4-13(2)5-7-15/h3-11,18,24H,1,12H2,2H3/b19-17+/t18-/m0/s1. The SMILES string of the molecule is C=CCN1C(=O)C(=O)/C(=C(/O)c2ccc(C)cc2)[C@@H]1c1ccc(F)cc1. The van der Waals surface area contributed by atoms with Crippen LogP contribution in [0, 0.1) is 12.7 Å². The number of aryl methyl sites for hydroxylation is 1. The Labute approximate surface area is 150 Å². The summed E-state index contributed by atoms with van der Waals surface area (Å²) >= 11 is 0. The number of rotatable bonds is 4. The van der Waals surface area contributed by atoms with E-state index < -0.39 is 23.5 Å². The predicted molar refractivity (Wildman–Crippen MR) is 96.8 cm³/mol. The second kappa shape index (κ2) is 6.96. The number of carbonyl (C=O) groups excluding carboxylic acids is 2. The van der Waals surface area contributed by atoms with E-state index in [-0.39, 0.29) is 17.9 Å². The molecule has 1 atom stereocenters. The van der Waals surface area contributed by atoms with E-state index in [4.69, 9.17) is 0 Å². The molecule has 132 valence electrons. The zero-order valence-electron chi connectivity index (χ0n) is 14.3. The summed E-state index contributed by atoms with van der Waals surface area (Å²) in [6, 6.07) is 11.7. The van der Waals surface area contributed by atoms with Gasteiger partial charge in [0.1, 0.15) is 11.6 Å². The first kappa shape index (κ1) is 17.6. The predicted octanol–water partition coefficient (Wildman–Crippen LogP) is 3.74. The summed E-state index contributed by atoms with van der Waals surface area (Å²) in [7, 11) is 0. The van der Waals surface area contributed by atoms with Crippen LogP contribution < -0.4 is 0 Å². The maximum Gasteiger partial charge on any atom is 0.295 e. The Balaban J connectivity index is 2.18. The van der Waals surface area contributed by atoms with Crippen molar-refractivity contribution in [3.05, 3.63) is 89.3 Å². The Morgan fingerprint density at radius 1 is 1.15 bits per heavy atom. The van der Waals surface area contributed by atoms with Crippen LogP contribution in [-0.2, 0) is 9.59 Å². The molecule has 1 N–H and O–H groups in total. The van der Waals surface area contributed by atoms with Crippen molar-refractivity contribution < 1.29 is 19.1 Å². The molecule has 1 fully saturated rings. The van der Waals surface area contributed by atoms with E-state index >= 15 is 0 Å². The first-order valence-corrected chi connectivity index (χ1v) is 8.16. The lowest BCUT2D eigenvalue weighted by molar-refractivity contribution is -0.139. The number of Topliss-reactive ketones (excluding diaryl/α,β-unsaturated/α-hetero) is 1. The third kappa shape index (κ3) is 3.04. The van der Waals surface area contributed by atoms with Crippen LogP contribution in [0.25, 0.3) is 5.76 Å². The van der Waals surface area contributed by atoms with Gasteiger partial charge in [-0.2, -0.15) is 0 Å². The summed E-state index contributed by atoms with van der Waals surface area (Å²) in [6.45, 7) is 5.66. The van der Waals surface area contributed by atoms with Crippen molar-refractivity contribution in [2.75, 3.05) is 6.54 Å². The van der Waals surface area contributed by atoms with E-state index in [2.05, 4.69) is 6.58 Å². The number of aliphatic hydroxyl groups is 1. The summed E-state index contributed by atoms with van der Waals surface area (Å²) < 4.78 is 13.3. The van der Waals surface area contributed by atoms with Crippen LogP contribution in [0.3, 0.4) is 0 Å². The molecule has 0 spiro atoms. The fraction of sp³-hybridized carbons (Fsp3) is 0.143. The molecule has 0 unspecified atom stereocenters. The van der Waals surface area contributed by atoms with Gasteiger partial charge < -0.3 is 10.0 Å². The van der Waals surface area contributed by atoms with Gasteiger partial charge in [0.25, 0.3) is 11.7 Å².